The summed E-state index contributed by atoms with van der Waals surface area (Å²) >= 11 is 0. The monoisotopic (exact) mass is 422 g/mol. The molecule has 2 N–H and O–H groups in total. The highest BCUT2D eigenvalue weighted by molar-refractivity contribution is 5.90. The number of fused-ring (bicyclic) bond motifs is 1. The number of carbonyl (C=O) groups is 1. The number of hydrogen-bond donors (Lipinski definition) is 2. The summed E-state index contributed by atoms with van der Waals surface area (Å²) in [5.74, 6) is 0.307. The molecule has 3 fully saturated rings. The molecule has 30 heavy (non-hydrogen) atoms. The lowest BCUT2D eigenvalue weighted by Crippen LogP contribution is -2.22. The predicted octanol–water partition coefficient (Wildman–Crippen LogP) is 3.26. The lowest BCUT2D eigenvalue weighted by molar-refractivity contribution is -0.143. The van der Waals surface area contributed by atoms with E-state index < -0.39 is 17.2 Å². The number of halogens is 3. The highest BCUT2D eigenvalue weighted by Gasteiger charge is 2.74. The van der Waals surface area contributed by atoms with E-state index in [0.29, 0.717) is 18.1 Å². The molecule has 5 rings (SSSR count). The average molecular weight is 422 g/mol. The van der Waals surface area contributed by atoms with Gasteiger partial charge in [0.1, 0.15) is 22.6 Å². The van der Waals surface area contributed by atoms with Crippen LogP contribution in [0.5, 0.6) is 0 Å². The largest absolute Gasteiger partial charge is 0.465 e. The van der Waals surface area contributed by atoms with Gasteiger partial charge in [-0.2, -0.15) is 23.3 Å². The van der Waals surface area contributed by atoms with Crippen molar-refractivity contribution in [1.29, 1.82) is 0 Å². The Morgan fingerprint density at radius 1 is 1.37 bits per heavy atom. The number of rotatable bonds is 6. The van der Waals surface area contributed by atoms with E-state index in [2.05, 4.69) is 25.7 Å². The Hall–Kier alpha value is -2.85. The van der Waals surface area contributed by atoms with E-state index in [4.69, 9.17) is 4.74 Å². The van der Waals surface area contributed by atoms with E-state index in [9.17, 15) is 18.0 Å². The van der Waals surface area contributed by atoms with E-state index in [1.807, 2.05) is 6.92 Å². The van der Waals surface area contributed by atoms with Crippen molar-refractivity contribution in [3.63, 3.8) is 0 Å². The number of ether oxygens (including phenoxy) is 1. The summed E-state index contributed by atoms with van der Waals surface area (Å²) in [7, 11) is 0. The molecular weight excluding hydrogens is 401 g/mol. The van der Waals surface area contributed by atoms with E-state index in [0.717, 1.165) is 19.0 Å². The molecule has 8 nitrogen and oxygen atoms in total. The van der Waals surface area contributed by atoms with E-state index in [-0.39, 0.29) is 42.2 Å². The highest BCUT2D eigenvalue weighted by atomic mass is 19.4. The SMILES string of the molecule is CCNc1nc(Nc2cc([C@]34C(=O)OC[C@H]3[C@H]4C)nn2C2CC2)ncc1C(F)(F)F. The minimum Gasteiger partial charge on any atom is -0.465 e. The zero-order valence-electron chi connectivity index (χ0n) is 16.5. The number of nitrogens with zero attached hydrogens (tertiary/aromatic N) is 4. The molecule has 11 heteroatoms. The van der Waals surface area contributed by atoms with Gasteiger partial charge in [0.2, 0.25) is 5.95 Å². The first-order chi connectivity index (χ1) is 14.3. The maximum Gasteiger partial charge on any atom is 0.421 e. The van der Waals surface area contributed by atoms with Gasteiger partial charge < -0.3 is 15.4 Å². The second-order valence-electron chi connectivity index (χ2n) is 8.06. The van der Waals surface area contributed by atoms with Crippen molar-refractivity contribution in [1.82, 2.24) is 19.7 Å². The van der Waals surface area contributed by atoms with Gasteiger partial charge in [0.05, 0.1) is 18.3 Å². The molecular formula is C19H21F3N6O2. The molecule has 2 saturated carbocycles. The molecule has 1 aliphatic heterocycles. The van der Waals surface area contributed by atoms with Gasteiger partial charge in [-0.1, -0.05) is 6.92 Å². The fourth-order valence-corrected chi connectivity index (χ4v) is 4.43. The van der Waals surface area contributed by atoms with Crippen molar-refractivity contribution in [2.75, 3.05) is 23.8 Å². The first kappa shape index (κ1) is 19.1. The van der Waals surface area contributed by atoms with Crippen molar-refractivity contribution in [3.05, 3.63) is 23.5 Å². The summed E-state index contributed by atoms with van der Waals surface area (Å²) in [5, 5.41) is 10.3. The maximum absolute atomic E-state index is 13.2. The van der Waals surface area contributed by atoms with E-state index >= 15 is 0 Å². The topological polar surface area (TPSA) is 94.0 Å². The van der Waals surface area contributed by atoms with Gasteiger partial charge in [0, 0.05) is 24.7 Å². The molecule has 0 spiro atoms. The van der Waals surface area contributed by atoms with E-state index in [1.165, 1.54) is 0 Å². The Labute approximate surface area is 170 Å². The van der Waals surface area contributed by atoms with Gasteiger partial charge in [-0.3, -0.25) is 4.79 Å². The van der Waals surface area contributed by atoms with Crippen LogP contribution in [0.2, 0.25) is 0 Å². The second-order valence-corrected chi connectivity index (χ2v) is 8.06. The summed E-state index contributed by atoms with van der Waals surface area (Å²) in [6.45, 7) is 4.38. The smallest absolute Gasteiger partial charge is 0.421 e. The molecule has 3 aliphatic rings. The third-order valence-corrected chi connectivity index (χ3v) is 6.26. The highest BCUT2D eigenvalue weighted by Crippen LogP contribution is 2.64. The molecule has 0 unspecified atom stereocenters. The normalized spacial score (nSPS) is 27.6. The number of hydrogen-bond acceptors (Lipinski definition) is 7. The van der Waals surface area contributed by atoms with Crippen LogP contribution in [0.25, 0.3) is 0 Å². The minimum atomic E-state index is -4.56. The Morgan fingerprint density at radius 2 is 2.13 bits per heavy atom. The molecule has 2 aliphatic carbocycles. The Morgan fingerprint density at radius 3 is 2.73 bits per heavy atom. The third-order valence-electron chi connectivity index (χ3n) is 6.26. The summed E-state index contributed by atoms with van der Waals surface area (Å²) in [5.41, 5.74) is -1.00. The minimum absolute atomic E-state index is 0.0270. The molecule has 0 amide bonds. The van der Waals surface area contributed by atoms with Crippen LogP contribution in [0.3, 0.4) is 0 Å². The van der Waals surface area contributed by atoms with E-state index in [1.54, 1.807) is 17.7 Å². The van der Waals surface area contributed by atoms with Crippen LogP contribution in [0, 0.1) is 11.8 Å². The molecule has 2 aromatic rings. The molecule has 160 valence electrons. The molecule has 3 atom stereocenters. The number of esters is 1. The summed E-state index contributed by atoms with van der Waals surface area (Å²) < 4.78 is 46.6. The van der Waals surface area contributed by atoms with Crippen molar-refractivity contribution in [2.45, 2.75) is 44.3 Å². The lowest BCUT2D eigenvalue weighted by atomic mass is 9.99. The molecule has 1 saturated heterocycles. The maximum atomic E-state index is 13.2. The van der Waals surface area contributed by atoms with Gasteiger partial charge in [0.15, 0.2) is 0 Å². The van der Waals surface area contributed by atoms with Gasteiger partial charge in [-0.25, -0.2) is 9.67 Å². The average Bonchev–Trinajstić information content (AvgIpc) is 3.53. The predicted molar refractivity (Wildman–Crippen MR) is 100 cm³/mol. The van der Waals surface area contributed by atoms with Gasteiger partial charge in [0.25, 0.3) is 0 Å². The fraction of sp³-hybridized carbons (Fsp3) is 0.579. The molecule has 3 heterocycles. The number of carbonyl (C=O) groups excluding carboxylic acids is 1. The quantitative estimate of drug-likeness (QED) is 0.690. The third kappa shape index (κ3) is 2.74. The van der Waals surface area contributed by atoms with Crippen LogP contribution in [0.4, 0.5) is 30.8 Å². The molecule has 0 bridgehead atoms. The van der Waals surface area contributed by atoms with Crippen LogP contribution < -0.4 is 10.6 Å². The van der Waals surface area contributed by atoms with Crippen molar-refractivity contribution < 1.29 is 22.7 Å². The van der Waals surface area contributed by atoms with Crippen LogP contribution in [0.15, 0.2) is 12.3 Å². The van der Waals surface area contributed by atoms with Gasteiger partial charge >= 0.3 is 12.1 Å². The van der Waals surface area contributed by atoms with Crippen LogP contribution >= 0.6 is 0 Å². The van der Waals surface area contributed by atoms with Crippen LogP contribution in [0.1, 0.15) is 44.0 Å². The number of nitrogens with one attached hydrogen (secondary N) is 2. The summed E-state index contributed by atoms with van der Waals surface area (Å²) in [6, 6.07) is 1.96. The Bertz CT molecular complexity index is 1020. The van der Waals surface area contributed by atoms with Crippen LogP contribution in [-0.4, -0.2) is 38.9 Å². The molecule has 0 radical (unpaired) electrons. The molecule has 0 aromatic carbocycles. The number of alkyl halides is 3. The first-order valence-corrected chi connectivity index (χ1v) is 9.99. The van der Waals surface area contributed by atoms with Crippen LogP contribution in [-0.2, 0) is 21.1 Å². The number of anilines is 3. The molecule has 2 aromatic heterocycles. The van der Waals surface area contributed by atoms with Gasteiger partial charge in [-0.05, 0) is 25.7 Å². The standard InChI is InChI=1S/C19H21F3N6O2/c1-3-23-15-11(19(20,21)22)7-24-17(26-15)25-14-6-13(27-28(14)10-4-5-10)18-9(2)12(18)8-30-16(18)29/h6-7,9-10,12H,3-5,8H2,1-2H3,(H2,23,24,25,26)/t9-,12+,18-/m1/s1. The zero-order valence-corrected chi connectivity index (χ0v) is 16.5. The lowest BCUT2D eigenvalue weighted by Gasteiger charge is -2.14. The Kier molecular flexibility index (Phi) is 4.03. The summed E-state index contributed by atoms with van der Waals surface area (Å²) in [4.78, 5) is 20.3. The number of cyclic esters (lactones) is 1. The van der Waals surface area contributed by atoms with Crippen molar-refractivity contribution in [2.24, 2.45) is 11.8 Å². The van der Waals surface area contributed by atoms with Crippen molar-refractivity contribution in [3.8, 4) is 0 Å². The van der Waals surface area contributed by atoms with Crippen molar-refractivity contribution >= 4 is 23.6 Å². The Balaban J connectivity index is 1.49. The zero-order chi connectivity index (χ0) is 21.3. The number of aromatic nitrogens is 4. The first-order valence-electron chi connectivity index (χ1n) is 9.99. The fourth-order valence-electron chi connectivity index (χ4n) is 4.43. The second kappa shape index (κ2) is 6.32. The van der Waals surface area contributed by atoms with Gasteiger partial charge in [-0.15, -0.1) is 0 Å². The summed E-state index contributed by atoms with van der Waals surface area (Å²) in [6.07, 6.45) is -1.90.